The molecule has 6 nitrogen and oxygen atoms in total. The molecule has 192 valence electrons. The van der Waals surface area contributed by atoms with Gasteiger partial charge in [-0.25, -0.2) is 0 Å². The zero-order chi connectivity index (χ0) is 25.9. The molecule has 1 saturated carbocycles. The molecule has 8 heteroatoms. The molecule has 1 aliphatic carbocycles. The molecule has 1 amide bonds. The van der Waals surface area contributed by atoms with Crippen molar-refractivity contribution >= 4 is 35.1 Å². The number of nitrogens with one attached hydrogen (secondary N) is 1. The maximum absolute atomic E-state index is 13.0. The third-order valence-electron chi connectivity index (χ3n) is 7.54. The minimum atomic E-state index is -0.779. The fourth-order valence-electron chi connectivity index (χ4n) is 6.07. The summed E-state index contributed by atoms with van der Waals surface area (Å²) in [4.78, 5) is 27.6. The molecule has 0 spiro atoms. The Bertz CT molecular complexity index is 1160. The van der Waals surface area contributed by atoms with Crippen molar-refractivity contribution in [1.82, 2.24) is 10.2 Å². The first-order valence-corrected chi connectivity index (χ1v) is 13.0. The number of aromatic hydroxyl groups is 1. The molecule has 2 N–H and O–H groups in total. The van der Waals surface area contributed by atoms with E-state index in [1.165, 1.54) is 6.92 Å². The Labute approximate surface area is 222 Å². The van der Waals surface area contributed by atoms with Gasteiger partial charge in [-0.2, -0.15) is 0 Å². The number of phenols is 1. The Morgan fingerprint density at radius 3 is 2.72 bits per heavy atom. The number of fused-ring (bicyclic) bond motifs is 1. The van der Waals surface area contributed by atoms with Crippen LogP contribution < -0.4 is 5.32 Å². The second-order valence-corrected chi connectivity index (χ2v) is 10.7. The van der Waals surface area contributed by atoms with Gasteiger partial charge in [0.25, 0.3) is 0 Å². The molecule has 2 aromatic rings. The fourth-order valence-corrected chi connectivity index (χ4v) is 6.39. The predicted molar refractivity (Wildman–Crippen MR) is 141 cm³/mol. The van der Waals surface area contributed by atoms with Crippen LogP contribution in [0.2, 0.25) is 10.0 Å². The Morgan fingerprint density at radius 2 is 2.03 bits per heavy atom. The van der Waals surface area contributed by atoms with E-state index in [0.29, 0.717) is 42.4 Å². The first-order chi connectivity index (χ1) is 17.2. The number of halogens is 2. The van der Waals surface area contributed by atoms with Gasteiger partial charge < -0.3 is 15.2 Å². The molecule has 1 aliphatic heterocycles. The Kier molecular flexibility index (Phi) is 7.98. The third kappa shape index (κ3) is 5.41. The van der Waals surface area contributed by atoms with Gasteiger partial charge in [-0.05, 0) is 67.6 Å². The van der Waals surface area contributed by atoms with Gasteiger partial charge in [0.1, 0.15) is 11.4 Å². The topological polar surface area (TPSA) is 78.9 Å². The van der Waals surface area contributed by atoms with Crippen molar-refractivity contribution in [2.24, 2.45) is 0 Å². The van der Waals surface area contributed by atoms with Crippen LogP contribution in [0.15, 0.2) is 55.1 Å². The summed E-state index contributed by atoms with van der Waals surface area (Å²) in [5.74, 6) is -0.270. The molecule has 0 bridgehead atoms. The van der Waals surface area contributed by atoms with E-state index in [9.17, 15) is 14.7 Å². The number of rotatable bonds is 7. The van der Waals surface area contributed by atoms with Crippen LogP contribution in [-0.2, 0) is 26.2 Å². The van der Waals surface area contributed by atoms with Crippen LogP contribution in [0.4, 0.5) is 0 Å². The highest BCUT2D eigenvalue weighted by Crippen LogP contribution is 2.54. The molecule has 1 saturated heterocycles. The molecule has 0 radical (unpaired) electrons. The summed E-state index contributed by atoms with van der Waals surface area (Å²) >= 11 is 12.1. The molecule has 36 heavy (non-hydrogen) atoms. The predicted octanol–water partition coefficient (Wildman–Crippen LogP) is 5.04. The van der Waals surface area contributed by atoms with E-state index in [2.05, 4.69) is 16.8 Å². The van der Waals surface area contributed by atoms with Crippen LogP contribution in [0.3, 0.4) is 0 Å². The van der Waals surface area contributed by atoms with Gasteiger partial charge >= 0.3 is 5.97 Å². The van der Waals surface area contributed by atoms with Crippen molar-refractivity contribution in [3.63, 3.8) is 0 Å². The minimum Gasteiger partial charge on any atom is -0.508 e. The molecule has 2 fully saturated rings. The summed E-state index contributed by atoms with van der Waals surface area (Å²) in [6.07, 6.45) is 4.62. The molecule has 3 atom stereocenters. The molecule has 2 aliphatic rings. The lowest BCUT2D eigenvalue weighted by Gasteiger charge is -2.59. The van der Waals surface area contributed by atoms with Crippen molar-refractivity contribution < 1.29 is 19.4 Å². The van der Waals surface area contributed by atoms with E-state index in [1.807, 2.05) is 18.2 Å². The summed E-state index contributed by atoms with van der Waals surface area (Å²) in [7, 11) is 0. The number of likely N-dealkylation sites (tertiary alicyclic amines) is 1. The molecule has 1 heterocycles. The van der Waals surface area contributed by atoms with Gasteiger partial charge in [0, 0.05) is 31.5 Å². The van der Waals surface area contributed by atoms with Crippen LogP contribution in [0, 0.1) is 0 Å². The number of carbonyl (C=O) groups excluding carboxylic acids is 2. The smallest absolute Gasteiger partial charge is 0.303 e. The van der Waals surface area contributed by atoms with Gasteiger partial charge in [-0.1, -0.05) is 47.5 Å². The largest absolute Gasteiger partial charge is 0.508 e. The Balaban J connectivity index is 1.63. The maximum Gasteiger partial charge on any atom is 0.303 e. The lowest BCUT2D eigenvalue weighted by molar-refractivity contribution is -0.186. The van der Waals surface area contributed by atoms with Crippen molar-refractivity contribution in [3.05, 3.63) is 76.3 Å². The quantitative estimate of drug-likeness (QED) is 0.387. The van der Waals surface area contributed by atoms with Crippen LogP contribution in [-0.4, -0.2) is 53.2 Å². The van der Waals surface area contributed by atoms with E-state index in [4.69, 9.17) is 27.9 Å². The number of piperidine rings is 1. The van der Waals surface area contributed by atoms with Crippen molar-refractivity contribution in [2.45, 2.75) is 56.1 Å². The van der Waals surface area contributed by atoms with Crippen LogP contribution >= 0.6 is 23.2 Å². The standard InChI is InChI=1S/C28H32Cl2N2O4/c1-3-12-32-13-11-27(21-5-4-6-23(34)16-21)17-22(9-10-28(27,18-32)36-19(2)33)31-26(35)15-20-7-8-24(29)25(30)14-20/h3-8,14,16,22,34H,1,9-13,15,17-18H2,2H3,(H,31,35)/t22-,27-,28-/m0/s1. The number of ether oxygens (including phenoxy) is 1. The van der Waals surface area contributed by atoms with E-state index in [-0.39, 0.29) is 30.1 Å². The zero-order valence-electron chi connectivity index (χ0n) is 20.4. The fraction of sp³-hybridized carbons (Fsp3) is 0.429. The molecule has 0 unspecified atom stereocenters. The van der Waals surface area contributed by atoms with E-state index >= 15 is 0 Å². The highest BCUT2D eigenvalue weighted by molar-refractivity contribution is 6.42. The first-order valence-electron chi connectivity index (χ1n) is 12.2. The van der Waals surface area contributed by atoms with Crippen LogP contribution in [0.5, 0.6) is 5.75 Å². The van der Waals surface area contributed by atoms with Gasteiger partial charge in [-0.3, -0.25) is 14.5 Å². The number of esters is 1. The summed E-state index contributed by atoms with van der Waals surface area (Å²) in [5.41, 5.74) is 0.367. The lowest BCUT2D eigenvalue weighted by Crippen LogP contribution is -2.68. The monoisotopic (exact) mass is 530 g/mol. The summed E-state index contributed by atoms with van der Waals surface area (Å²) in [6.45, 7) is 7.37. The Morgan fingerprint density at radius 1 is 1.22 bits per heavy atom. The normalized spacial score (nSPS) is 26.0. The number of hydrogen-bond acceptors (Lipinski definition) is 5. The molecular formula is C28H32Cl2N2O4. The second kappa shape index (κ2) is 10.8. The summed E-state index contributed by atoms with van der Waals surface area (Å²) < 4.78 is 6.19. The maximum atomic E-state index is 13.0. The van der Waals surface area contributed by atoms with E-state index in [1.54, 1.807) is 30.3 Å². The highest BCUT2D eigenvalue weighted by Gasteiger charge is 2.60. The molecule has 0 aromatic heterocycles. The molecular weight excluding hydrogens is 499 g/mol. The average Bonchev–Trinajstić information content (AvgIpc) is 2.81. The minimum absolute atomic E-state index is 0.103. The summed E-state index contributed by atoms with van der Waals surface area (Å²) in [6, 6.07) is 12.3. The van der Waals surface area contributed by atoms with Gasteiger partial charge in [0.2, 0.25) is 5.91 Å². The van der Waals surface area contributed by atoms with E-state index < -0.39 is 11.0 Å². The first kappa shape index (κ1) is 26.5. The molecule has 4 rings (SSSR count). The average molecular weight is 531 g/mol. The van der Waals surface area contributed by atoms with Gasteiger partial charge in [0.15, 0.2) is 0 Å². The number of phenolic OH excluding ortho intramolecular Hbond substituents is 1. The number of nitrogens with zero attached hydrogens (tertiary/aromatic N) is 1. The molecule has 2 aromatic carbocycles. The van der Waals surface area contributed by atoms with Crippen LogP contribution in [0.25, 0.3) is 0 Å². The SMILES string of the molecule is C=CCN1CC[C@@]2(c3cccc(O)c3)C[C@@H](NC(=O)Cc3ccc(Cl)c(Cl)c3)CC[C@]2(OC(C)=O)C1. The van der Waals surface area contributed by atoms with Crippen LogP contribution in [0.1, 0.15) is 43.7 Å². The number of carbonyl (C=O) groups is 2. The third-order valence-corrected chi connectivity index (χ3v) is 8.28. The lowest BCUT2D eigenvalue weighted by atomic mass is 9.55. The summed E-state index contributed by atoms with van der Waals surface area (Å²) in [5, 5.41) is 14.4. The number of amides is 1. The number of hydrogen-bond donors (Lipinski definition) is 2. The number of benzene rings is 2. The highest BCUT2D eigenvalue weighted by atomic mass is 35.5. The van der Waals surface area contributed by atoms with Gasteiger partial charge in [-0.15, -0.1) is 6.58 Å². The Hall–Kier alpha value is -2.54. The second-order valence-electron chi connectivity index (χ2n) is 9.93. The van der Waals surface area contributed by atoms with Crippen molar-refractivity contribution in [1.29, 1.82) is 0 Å². The van der Waals surface area contributed by atoms with Crippen molar-refractivity contribution in [2.75, 3.05) is 19.6 Å². The zero-order valence-corrected chi connectivity index (χ0v) is 21.9. The van der Waals surface area contributed by atoms with E-state index in [0.717, 1.165) is 24.1 Å². The van der Waals surface area contributed by atoms with Crippen molar-refractivity contribution in [3.8, 4) is 5.75 Å². The van der Waals surface area contributed by atoms with Gasteiger partial charge in [0.05, 0.1) is 16.5 Å².